The summed E-state index contributed by atoms with van der Waals surface area (Å²) in [4.78, 5) is 2.58. The van der Waals surface area contributed by atoms with Gasteiger partial charge in [-0.25, -0.2) is 0 Å². The number of hydrogen-bond donors (Lipinski definition) is 1. The molecule has 0 aromatic carbocycles. The molecule has 1 heterocycles. The Hall–Kier alpha value is -0.120. The normalized spacial score (nSPS) is 42.0. The second-order valence-corrected chi connectivity index (χ2v) is 6.00. The molecular formula is C13H24N2O. The van der Waals surface area contributed by atoms with Gasteiger partial charge in [0, 0.05) is 25.7 Å². The van der Waals surface area contributed by atoms with Crippen molar-refractivity contribution in [2.24, 2.45) is 11.1 Å². The maximum atomic E-state index is 6.12. The zero-order valence-electron chi connectivity index (χ0n) is 10.3. The first kappa shape index (κ1) is 11.0. The summed E-state index contributed by atoms with van der Waals surface area (Å²) >= 11 is 0. The van der Waals surface area contributed by atoms with Crippen LogP contribution in [0.4, 0.5) is 0 Å². The minimum atomic E-state index is 0.357. The fraction of sp³-hybridized carbons (Fsp3) is 1.00. The molecule has 3 nitrogen and oxygen atoms in total. The predicted octanol–water partition coefficient (Wildman–Crippen LogP) is 1.37. The third kappa shape index (κ3) is 1.60. The van der Waals surface area contributed by atoms with Crippen LogP contribution in [0.15, 0.2) is 0 Å². The summed E-state index contributed by atoms with van der Waals surface area (Å²) in [6.45, 7) is 5.48. The van der Waals surface area contributed by atoms with E-state index < -0.39 is 0 Å². The van der Waals surface area contributed by atoms with Crippen LogP contribution in [-0.4, -0.2) is 42.8 Å². The largest absolute Gasteiger partial charge is 0.377 e. The van der Waals surface area contributed by atoms with Crippen LogP contribution in [0.1, 0.15) is 39.0 Å². The molecule has 2 saturated carbocycles. The zero-order chi connectivity index (χ0) is 11.2. The van der Waals surface area contributed by atoms with Crippen LogP contribution in [0.3, 0.4) is 0 Å². The van der Waals surface area contributed by atoms with Gasteiger partial charge >= 0.3 is 0 Å². The van der Waals surface area contributed by atoms with E-state index in [1.807, 2.05) is 0 Å². The van der Waals surface area contributed by atoms with E-state index in [2.05, 4.69) is 11.8 Å². The van der Waals surface area contributed by atoms with Crippen molar-refractivity contribution in [3.05, 3.63) is 0 Å². The monoisotopic (exact) mass is 224 g/mol. The number of ether oxygens (including phenoxy) is 1. The minimum absolute atomic E-state index is 0.357. The van der Waals surface area contributed by atoms with Crippen molar-refractivity contribution < 1.29 is 4.74 Å². The Morgan fingerprint density at radius 2 is 2.00 bits per heavy atom. The molecule has 0 bridgehead atoms. The standard InChI is InChI=1S/C13H24N2O/c1-2-16-11-7-10(14)12(11)15-8-13(9-15)5-3-4-6-13/h10-12H,2-9,14H2,1H3. The van der Waals surface area contributed by atoms with Gasteiger partial charge in [0.25, 0.3) is 0 Å². The summed E-state index contributed by atoms with van der Waals surface area (Å²) in [7, 11) is 0. The Labute approximate surface area is 98.3 Å². The Balaban J connectivity index is 1.55. The number of nitrogens with two attached hydrogens (primary N) is 1. The molecule has 2 N–H and O–H groups in total. The molecule has 3 heteroatoms. The SMILES string of the molecule is CCOC1CC(N)C1N1CC2(CCCC2)C1. The Morgan fingerprint density at radius 3 is 2.56 bits per heavy atom. The number of rotatable bonds is 3. The smallest absolute Gasteiger partial charge is 0.0760 e. The van der Waals surface area contributed by atoms with Crippen molar-refractivity contribution in [2.75, 3.05) is 19.7 Å². The van der Waals surface area contributed by atoms with Crippen LogP contribution in [0, 0.1) is 5.41 Å². The lowest BCUT2D eigenvalue weighted by Crippen LogP contribution is -2.71. The average Bonchev–Trinajstić information content (AvgIpc) is 2.65. The lowest BCUT2D eigenvalue weighted by Gasteiger charge is -2.58. The molecule has 0 radical (unpaired) electrons. The van der Waals surface area contributed by atoms with Crippen molar-refractivity contribution in [1.82, 2.24) is 4.90 Å². The Bertz CT molecular complexity index is 253. The van der Waals surface area contributed by atoms with Crippen molar-refractivity contribution >= 4 is 0 Å². The van der Waals surface area contributed by atoms with E-state index in [4.69, 9.17) is 10.5 Å². The first-order valence-electron chi connectivity index (χ1n) is 6.85. The first-order valence-corrected chi connectivity index (χ1v) is 6.85. The second kappa shape index (κ2) is 3.97. The third-order valence-electron chi connectivity index (χ3n) is 4.87. The van der Waals surface area contributed by atoms with Gasteiger partial charge in [0.05, 0.1) is 12.1 Å². The quantitative estimate of drug-likeness (QED) is 0.787. The van der Waals surface area contributed by atoms with Gasteiger partial charge in [-0.3, -0.25) is 4.90 Å². The lowest BCUT2D eigenvalue weighted by atomic mass is 9.72. The summed E-state index contributed by atoms with van der Waals surface area (Å²) in [6, 6.07) is 0.876. The van der Waals surface area contributed by atoms with Crippen molar-refractivity contribution in [1.29, 1.82) is 0 Å². The summed E-state index contributed by atoms with van der Waals surface area (Å²) in [6.07, 6.45) is 7.26. The number of likely N-dealkylation sites (tertiary alicyclic amines) is 1. The third-order valence-corrected chi connectivity index (χ3v) is 4.87. The molecule has 2 aliphatic carbocycles. The molecule has 0 amide bonds. The summed E-state index contributed by atoms with van der Waals surface area (Å²) in [5, 5.41) is 0. The van der Waals surface area contributed by atoms with Crippen LogP contribution in [0.5, 0.6) is 0 Å². The maximum absolute atomic E-state index is 6.12. The van der Waals surface area contributed by atoms with E-state index in [0.717, 1.165) is 13.0 Å². The van der Waals surface area contributed by atoms with Gasteiger partial charge in [0.15, 0.2) is 0 Å². The molecule has 1 saturated heterocycles. The molecular weight excluding hydrogens is 200 g/mol. The van der Waals surface area contributed by atoms with E-state index in [1.54, 1.807) is 0 Å². The summed E-state index contributed by atoms with van der Waals surface area (Å²) in [5.41, 5.74) is 6.81. The summed E-state index contributed by atoms with van der Waals surface area (Å²) in [5.74, 6) is 0. The van der Waals surface area contributed by atoms with Gasteiger partial charge in [-0.2, -0.15) is 0 Å². The highest BCUT2D eigenvalue weighted by Gasteiger charge is 2.53. The van der Waals surface area contributed by atoms with Crippen LogP contribution >= 0.6 is 0 Å². The topological polar surface area (TPSA) is 38.5 Å². The highest BCUT2D eigenvalue weighted by atomic mass is 16.5. The molecule has 0 aromatic rings. The maximum Gasteiger partial charge on any atom is 0.0760 e. The molecule has 3 aliphatic rings. The zero-order valence-corrected chi connectivity index (χ0v) is 10.3. The first-order chi connectivity index (χ1) is 7.74. The van der Waals surface area contributed by atoms with Crippen molar-refractivity contribution in [3.63, 3.8) is 0 Å². The minimum Gasteiger partial charge on any atom is -0.377 e. The molecule has 3 atom stereocenters. The molecule has 92 valence electrons. The van der Waals surface area contributed by atoms with Crippen molar-refractivity contribution in [3.8, 4) is 0 Å². The fourth-order valence-electron chi connectivity index (χ4n) is 3.98. The molecule has 16 heavy (non-hydrogen) atoms. The van der Waals surface area contributed by atoms with Gasteiger partial charge in [-0.15, -0.1) is 0 Å². The van der Waals surface area contributed by atoms with Crippen LogP contribution in [0.25, 0.3) is 0 Å². The second-order valence-electron chi connectivity index (χ2n) is 6.00. The van der Waals surface area contributed by atoms with Crippen LogP contribution < -0.4 is 5.73 Å². The van der Waals surface area contributed by atoms with Crippen LogP contribution in [0.2, 0.25) is 0 Å². The van der Waals surface area contributed by atoms with E-state index in [1.165, 1.54) is 38.8 Å². The van der Waals surface area contributed by atoms with E-state index in [-0.39, 0.29) is 0 Å². The molecule has 0 aromatic heterocycles. The summed E-state index contributed by atoms with van der Waals surface area (Å²) < 4.78 is 5.75. The van der Waals surface area contributed by atoms with Gasteiger partial charge in [-0.1, -0.05) is 12.8 Å². The van der Waals surface area contributed by atoms with E-state index >= 15 is 0 Å². The van der Waals surface area contributed by atoms with Gasteiger partial charge < -0.3 is 10.5 Å². The van der Waals surface area contributed by atoms with Gasteiger partial charge in [0.1, 0.15) is 0 Å². The molecule has 3 fully saturated rings. The molecule has 3 rings (SSSR count). The van der Waals surface area contributed by atoms with Gasteiger partial charge in [0.2, 0.25) is 0 Å². The lowest BCUT2D eigenvalue weighted by molar-refractivity contribution is -0.135. The van der Waals surface area contributed by atoms with Crippen LogP contribution in [-0.2, 0) is 4.74 Å². The van der Waals surface area contributed by atoms with E-state index in [0.29, 0.717) is 23.6 Å². The highest BCUT2D eigenvalue weighted by molar-refractivity contribution is 5.08. The number of nitrogens with zero attached hydrogens (tertiary/aromatic N) is 1. The average molecular weight is 224 g/mol. The fourth-order valence-corrected chi connectivity index (χ4v) is 3.98. The molecule has 1 spiro atoms. The van der Waals surface area contributed by atoms with E-state index in [9.17, 15) is 0 Å². The molecule has 3 unspecified atom stereocenters. The Kier molecular flexibility index (Phi) is 2.73. The molecule has 1 aliphatic heterocycles. The number of hydrogen-bond acceptors (Lipinski definition) is 3. The predicted molar refractivity (Wildman–Crippen MR) is 64.3 cm³/mol. The Morgan fingerprint density at radius 1 is 1.31 bits per heavy atom. The van der Waals surface area contributed by atoms with Crippen molar-refractivity contribution in [2.45, 2.75) is 57.2 Å². The van der Waals surface area contributed by atoms with Gasteiger partial charge in [-0.05, 0) is 31.6 Å². The highest BCUT2D eigenvalue weighted by Crippen LogP contribution is 2.48.